The third-order valence-corrected chi connectivity index (χ3v) is 5.14. The molecule has 3 aromatic carbocycles. The maximum absolute atomic E-state index is 13.1. The predicted octanol–water partition coefficient (Wildman–Crippen LogP) is 5.13. The van der Waals surface area contributed by atoms with Gasteiger partial charge < -0.3 is 10.6 Å². The van der Waals surface area contributed by atoms with Gasteiger partial charge in [0.05, 0.1) is 12.1 Å². The molecule has 0 aromatic heterocycles. The highest BCUT2D eigenvalue weighted by Gasteiger charge is 2.22. The van der Waals surface area contributed by atoms with E-state index in [4.69, 9.17) is 0 Å². The van der Waals surface area contributed by atoms with E-state index >= 15 is 0 Å². The zero-order chi connectivity index (χ0) is 22.2. The summed E-state index contributed by atoms with van der Waals surface area (Å²) in [6.45, 7) is 5.79. The zero-order valence-electron chi connectivity index (χ0n) is 18.1. The molecule has 2 amide bonds. The summed E-state index contributed by atoms with van der Waals surface area (Å²) in [6.07, 6.45) is 1.65. The Kier molecular flexibility index (Phi) is 7.39. The van der Waals surface area contributed by atoms with Crippen LogP contribution in [0, 0.1) is 6.92 Å². The average Bonchev–Trinajstić information content (AvgIpc) is 2.78. The van der Waals surface area contributed by atoms with E-state index in [1.807, 2.05) is 106 Å². The van der Waals surface area contributed by atoms with E-state index < -0.39 is 11.8 Å². The molecule has 0 bridgehead atoms. The Balaban J connectivity index is 1.85. The summed E-state index contributed by atoms with van der Waals surface area (Å²) in [5.74, 6) is -0.814. The predicted molar refractivity (Wildman–Crippen MR) is 125 cm³/mol. The van der Waals surface area contributed by atoms with Crippen LogP contribution in [0.15, 0.2) is 90.5 Å². The minimum absolute atomic E-state index is 0.0798. The van der Waals surface area contributed by atoms with Crippen molar-refractivity contribution in [3.8, 4) is 0 Å². The molecule has 3 aromatic rings. The Labute approximate surface area is 184 Å². The first-order chi connectivity index (χ1) is 14.9. The minimum Gasteiger partial charge on any atom is -0.345 e. The maximum Gasteiger partial charge on any atom is 0.257 e. The van der Waals surface area contributed by atoms with Crippen LogP contribution >= 0.6 is 0 Å². The second-order valence-corrected chi connectivity index (χ2v) is 7.68. The van der Waals surface area contributed by atoms with E-state index in [9.17, 15) is 9.59 Å². The number of rotatable bonds is 7. The zero-order valence-corrected chi connectivity index (χ0v) is 18.1. The number of nitrogens with one attached hydrogen (secondary N) is 2. The molecule has 0 aliphatic heterocycles. The average molecular weight is 413 g/mol. The van der Waals surface area contributed by atoms with E-state index in [1.54, 1.807) is 6.08 Å². The van der Waals surface area contributed by atoms with Crippen molar-refractivity contribution in [3.63, 3.8) is 0 Å². The molecule has 0 aliphatic carbocycles. The number of aryl methyl sites for hydroxylation is 1. The van der Waals surface area contributed by atoms with Gasteiger partial charge in [-0.2, -0.15) is 0 Å². The van der Waals surface area contributed by atoms with Gasteiger partial charge in [-0.05, 0) is 43.5 Å². The van der Waals surface area contributed by atoms with Crippen LogP contribution in [0.3, 0.4) is 0 Å². The molecule has 4 nitrogen and oxygen atoms in total. The van der Waals surface area contributed by atoms with Gasteiger partial charge in [-0.3, -0.25) is 9.59 Å². The first-order valence-electron chi connectivity index (χ1n) is 10.4. The lowest BCUT2D eigenvalue weighted by atomic mass is 10.0. The number of hydrogen-bond donors (Lipinski definition) is 2. The maximum atomic E-state index is 13.1. The van der Waals surface area contributed by atoms with Crippen molar-refractivity contribution in [2.45, 2.75) is 32.9 Å². The molecule has 158 valence electrons. The van der Waals surface area contributed by atoms with Gasteiger partial charge in [-0.1, -0.05) is 90.5 Å². The van der Waals surface area contributed by atoms with E-state index in [-0.39, 0.29) is 17.7 Å². The number of benzene rings is 3. The van der Waals surface area contributed by atoms with Gasteiger partial charge in [0.2, 0.25) is 0 Å². The molecular formula is C27H28N2O2. The minimum atomic E-state index is -0.407. The molecule has 0 fully saturated rings. The lowest BCUT2D eigenvalue weighted by molar-refractivity contribution is -0.124. The molecule has 3 rings (SSSR count). The van der Waals surface area contributed by atoms with Gasteiger partial charge in [0, 0.05) is 0 Å². The topological polar surface area (TPSA) is 58.2 Å². The fraction of sp³-hybridized carbons (Fsp3) is 0.185. The standard InChI is InChI=1S/C27H28N2O2/c1-19-11-10-12-22(17-19)18-25(26(30)28-20(2)23-13-6-4-7-14-23)27(31)29-21(3)24-15-8-5-9-16-24/h4-18,20-21H,1-3H3,(H,28,30)(H,29,31)/t20-,21-/m1/s1. The largest absolute Gasteiger partial charge is 0.345 e. The molecule has 0 unspecified atom stereocenters. The van der Waals surface area contributed by atoms with Crippen LogP contribution in [-0.2, 0) is 9.59 Å². The van der Waals surface area contributed by atoms with Gasteiger partial charge in [-0.15, -0.1) is 0 Å². The van der Waals surface area contributed by atoms with Gasteiger partial charge in [0.15, 0.2) is 0 Å². The van der Waals surface area contributed by atoms with Crippen molar-refractivity contribution in [1.82, 2.24) is 10.6 Å². The molecule has 4 heteroatoms. The fourth-order valence-corrected chi connectivity index (χ4v) is 3.36. The van der Waals surface area contributed by atoms with Crippen molar-refractivity contribution in [2.75, 3.05) is 0 Å². The van der Waals surface area contributed by atoms with Crippen molar-refractivity contribution in [1.29, 1.82) is 0 Å². The monoisotopic (exact) mass is 412 g/mol. The molecule has 0 spiro atoms. The normalized spacial score (nSPS) is 12.4. The van der Waals surface area contributed by atoms with Crippen LogP contribution in [0.25, 0.3) is 6.08 Å². The first-order valence-corrected chi connectivity index (χ1v) is 10.4. The van der Waals surface area contributed by atoms with Crippen LogP contribution in [0.2, 0.25) is 0 Å². The second-order valence-electron chi connectivity index (χ2n) is 7.68. The van der Waals surface area contributed by atoms with E-state index in [0.717, 1.165) is 22.3 Å². The fourth-order valence-electron chi connectivity index (χ4n) is 3.36. The molecule has 0 aliphatic rings. The number of carbonyl (C=O) groups excluding carboxylic acids is 2. The van der Waals surface area contributed by atoms with Gasteiger partial charge >= 0.3 is 0 Å². The van der Waals surface area contributed by atoms with Gasteiger partial charge in [0.25, 0.3) is 11.8 Å². The summed E-state index contributed by atoms with van der Waals surface area (Å²) in [6, 6.07) is 26.6. The van der Waals surface area contributed by atoms with Crippen molar-refractivity contribution in [2.24, 2.45) is 0 Å². The summed E-state index contributed by atoms with van der Waals surface area (Å²) >= 11 is 0. The van der Waals surface area contributed by atoms with E-state index in [0.29, 0.717) is 0 Å². The van der Waals surface area contributed by atoms with Crippen LogP contribution in [0.1, 0.15) is 48.2 Å². The molecule has 0 saturated heterocycles. The lowest BCUT2D eigenvalue weighted by Gasteiger charge is -2.18. The van der Waals surface area contributed by atoms with Crippen molar-refractivity contribution < 1.29 is 9.59 Å². The summed E-state index contributed by atoms with van der Waals surface area (Å²) < 4.78 is 0. The van der Waals surface area contributed by atoms with Crippen molar-refractivity contribution in [3.05, 3.63) is 113 Å². The van der Waals surface area contributed by atoms with Gasteiger partial charge in [0.1, 0.15) is 5.57 Å². The van der Waals surface area contributed by atoms with Crippen molar-refractivity contribution >= 4 is 17.9 Å². The summed E-state index contributed by atoms with van der Waals surface area (Å²) in [4.78, 5) is 26.3. The summed E-state index contributed by atoms with van der Waals surface area (Å²) in [5, 5.41) is 5.91. The highest BCUT2D eigenvalue weighted by atomic mass is 16.2. The van der Waals surface area contributed by atoms with E-state index in [2.05, 4.69) is 10.6 Å². The van der Waals surface area contributed by atoms with Crippen LogP contribution in [0.5, 0.6) is 0 Å². The molecule has 2 atom stereocenters. The molecule has 0 heterocycles. The Morgan fingerprint density at radius 3 is 1.65 bits per heavy atom. The summed E-state index contributed by atoms with van der Waals surface area (Å²) in [7, 11) is 0. The quantitative estimate of drug-likeness (QED) is 0.321. The number of amides is 2. The van der Waals surface area contributed by atoms with Gasteiger partial charge in [-0.25, -0.2) is 0 Å². The molecule has 2 N–H and O–H groups in total. The van der Waals surface area contributed by atoms with Crippen LogP contribution in [-0.4, -0.2) is 11.8 Å². The smallest absolute Gasteiger partial charge is 0.257 e. The molecule has 0 saturated carbocycles. The lowest BCUT2D eigenvalue weighted by Crippen LogP contribution is -2.36. The highest BCUT2D eigenvalue weighted by Crippen LogP contribution is 2.17. The van der Waals surface area contributed by atoms with E-state index in [1.165, 1.54) is 0 Å². The molecular weight excluding hydrogens is 384 g/mol. The summed E-state index contributed by atoms with van der Waals surface area (Å²) in [5.41, 5.74) is 3.90. The Hall–Kier alpha value is -3.66. The SMILES string of the molecule is Cc1cccc(C=C(C(=O)N[C@H](C)c2ccccc2)C(=O)N[C@H](C)c2ccccc2)c1. The third kappa shape index (κ3) is 6.16. The van der Waals surface area contributed by atoms with Crippen LogP contribution < -0.4 is 10.6 Å². The Morgan fingerprint density at radius 1 is 0.710 bits per heavy atom. The first kappa shape index (κ1) is 22.0. The Morgan fingerprint density at radius 2 is 1.19 bits per heavy atom. The molecule has 31 heavy (non-hydrogen) atoms. The number of hydrogen-bond acceptors (Lipinski definition) is 2. The molecule has 0 radical (unpaired) electrons. The second kappa shape index (κ2) is 10.4. The third-order valence-electron chi connectivity index (χ3n) is 5.14. The van der Waals surface area contributed by atoms with Crippen LogP contribution in [0.4, 0.5) is 0 Å². The number of carbonyl (C=O) groups is 2. The Bertz CT molecular complexity index is 997. The highest BCUT2D eigenvalue weighted by molar-refractivity contribution is 6.21.